The molecule has 196 valence electrons. The molecule has 38 heavy (non-hydrogen) atoms. The molecule has 0 fully saturated rings. The summed E-state index contributed by atoms with van der Waals surface area (Å²) in [6.07, 6.45) is -2.09. The Hall–Kier alpha value is -4.57. The van der Waals surface area contributed by atoms with Crippen LogP contribution in [0.3, 0.4) is 0 Å². The lowest BCUT2D eigenvalue weighted by Gasteiger charge is -2.38. The van der Waals surface area contributed by atoms with Crippen LogP contribution < -0.4 is 0 Å². The lowest BCUT2D eigenvalue weighted by molar-refractivity contribution is -0.0112. The summed E-state index contributed by atoms with van der Waals surface area (Å²) in [5.41, 5.74) is -1.37. The van der Waals surface area contributed by atoms with Gasteiger partial charge in [0.1, 0.15) is 40.4 Å². The molecule has 1 aliphatic heterocycles. The lowest BCUT2D eigenvalue weighted by Crippen LogP contribution is -2.30. The molecule has 10 heteroatoms. The highest BCUT2D eigenvalue weighted by atomic mass is 16.5. The van der Waals surface area contributed by atoms with Crippen LogP contribution in [0.15, 0.2) is 18.2 Å². The highest BCUT2D eigenvalue weighted by Gasteiger charge is 2.43. The maximum Gasteiger partial charge on any atom is 0.343 e. The second-order valence-electron chi connectivity index (χ2n) is 9.79. The Kier molecular flexibility index (Phi) is 5.43. The molecule has 0 radical (unpaired) electrons. The highest BCUT2D eigenvalue weighted by Crippen LogP contribution is 2.55. The van der Waals surface area contributed by atoms with E-state index in [1.165, 1.54) is 19.1 Å². The first-order valence-electron chi connectivity index (χ1n) is 11.8. The quantitative estimate of drug-likeness (QED) is 0.227. The number of aromatic carboxylic acids is 1. The molecule has 0 amide bonds. The van der Waals surface area contributed by atoms with Crippen molar-refractivity contribution in [2.45, 2.75) is 45.8 Å². The third-order valence-electron chi connectivity index (χ3n) is 7.55. The molecule has 5 rings (SSSR count). The Labute approximate surface area is 216 Å². The molecule has 1 aliphatic carbocycles. The minimum Gasteiger partial charge on any atom is -0.507 e. The smallest absolute Gasteiger partial charge is 0.343 e. The van der Waals surface area contributed by atoms with Crippen molar-refractivity contribution in [3.63, 3.8) is 0 Å². The number of hydrogen-bond acceptors (Lipinski definition) is 9. The summed E-state index contributed by atoms with van der Waals surface area (Å²) in [5, 5.41) is 64.0. The van der Waals surface area contributed by atoms with E-state index in [9.17, 15) is 45.0 Å². The van der Waals surface area contributed by atoms with Crippen molar-refractivity contribution >= 4 is 17.5 Å². The number of carboxylic acids is 1. The number of ketones is 2. The number of carboxylic acid groups (broad SMARTS) is 1. The summed E-state index contributed by atoms with van der Waals surface area (Å²) in [6, 6.07) is 3.73. The van der Waals surface area contributed by atoms with Gasteiger partial charge in [0.15, 0.2) is 5.78 Å². The van der Waals surface area contributed by atoms with Crippen molar-refractivity contribution in [2.24, 2.45) is 0 Å². The Bertz CT molecular complexity index is 1620. The summed E-state index contributed by atoms with van der Waals surface area (Å²) in [6.45, 7) is 6.52. The van der Waals surface area contributed by atoms with Gasteiger partial charge < -0.3 is 35.4 Å². The number of carbonyl (C=O) groups is 3. The summed E-state index contributed by atoms with van der Waals surface area (Å²) < 4.78 is 6.05. The SMILES string of the molecule is Cc1cc(O)c2c(c1)C(=O)c1cc(O)c(C3OC(C)C(C)c4c(C)c(O)c(C(=O)O)c(O)c43)c(O)c1C2=O. The van der Waals surface area contributed by atoms with Gasteiger partial charge in [-0.25, -0.2) is 4.79 Å². The monoisotopic (exact) mass is 520 g/mol. The van der Waals surface area contributed by atoms with Crippen LogP contribution in [0.1, 0.15) is 95.9 Å². The Morgan fingerprint density at radius 3 is 2.03 bits per heavy atom. The Morgan fingerprint density at radius 2 is 1.39 bits per heavy atom. The van der Waals surface area contributed by atoms with Crippen molar-refractivity contribution in [2.75, 3.05) is 0 Å². The number of rotatable bonds is 2. The van der Waals surface area contributed by atoms with Crippen LogP contribution in [0.4, 0.5) is 0 Å². The van der Waals surface area contributed by atoms with Crippen LogP contribution in [0.2, 0.25) is 0 Å². The van der Waals surface area contributed by atoms with Crippen molar-refractivity contribution in [3.8, 4) is 28.7 Å². The van der Waals surface area contributed by atoms with E-state index in [-0.39, 0.29) is 33.4 Å². The number of benzene rings is 3. The average molecular weight is 520 g/mol. The number of aryl methyl sites for hydroxylation is 1. The molecule has 0 saturated carbocycles. The van der Waals surface area contributed by atoms with Gasteiger partial charge in [-0.1, -0.05) is 6.92 Å². The Balaban J connectivity index is 1.82. The fourth-order valence-electron chi connectivity index (χ4n) is 5.59. The van der Waals surface area contributed by atoms with Crippen LogP contribution in [0.5, 0.6) is 28.7 Å². The lowest BCUT2D eigenvalue weighted by atomic mass is 9.77. The van der Waals surface area contributed by atoms with E-state index in [1.54, 1.807) is 20.8 Å². The van der Waals surface area contributed by atoms with Crippen molar-refractivity contribution < 1.29 is 49.8 Å². The normalized spacial score (nSPS) is 20.1. The molecule has 2 aliphatic rings. The number of aromatic hydroxyl groups is 5. The molecular weight excluding hydrogens is 496 g/mol. The number of ether oxygens (including phenoxy) is 1. The molecule has 10 nitrogen and oxygen atoms in total. The van der Waals surface area contributed by atoms with Gasteiger partial charge in [0, 0.05) is 22.6 Å². The molecule has 3 aromatic carbocycles. The largest absolute Gasteiger partial charge is 0.507 e. The summed E-state index contributed by atoms with van der Waals surface area (Å²) in [4.78, 5) is 38.6. The van der Waals surface area contributed by atoms with E-state index in [0.717, 1.165) is 6.07 Å². The standard InChI is InChI=1S/C28H24O10/c1-8-5-12-17(14(29)6-8)24(33)18-13(23(12)32)7-15(30)19(25(18)34)27-20-16(9(2)11(4)38-27)10(3)22(31)21(26(20)35)28(36)37/h5-7,9,11,27,29-31,34-35H,1-4H3,(H,36,37). The summed E-state index contributed by atoms with van der Waals surface area (Å²) >= 11 is 0. The number of fused-ring (bicyclic) bond motifs is 3. The van der Waals surface area contributed by atoms with E-state index < -0.39 is 75.5 Å². The van der Waals surface area contributed by atoms with Crippen LogP contribution in [0.25, 0.3) is 0 Å². The maximum absolute atomic E-state index is 13.5. The van der Waals surface area contributed by atoms with Gasteiger partial charge in [0.25, 0.3) is 0 Å². The second kappa shape index (κ2) is 8.22. The topological polar surface area (TPSA) is 182 Å². The third kappa shape index (κ3) is 3.20. The van der Waals surface area contributed by atoms with Gasteiger partial charge in [-0.05, 0) is 55.7 Å². The zero-order valence-corrected chi connectivity index (χ0v) is 20.8. The van der Waals surface area contributed by atoms with Crippen molar-refractivity contribution in [3.05, 3.63) is 73.8 Å². The fourth-order valence-corrected chi connectivity index (χ4v) is 5.59. The van der Waals surface area contributed by atoms with Crippen molar-refractivity contribution in [1.29, 1.82) is 0 Å². The molecule has 6 N–H and O–H groups in total. The molecule has 3 aromatic rings. The van der Waals surface area contributed by atoms with Crippen LogP contribution in [-0.4, -0.2) is 54.3 Å². The predicted octanol–water partition coefficient (Wildman–Crippen LogP) is 3.92. The molecule has 0 saturated heterocycles. The van der Waals surface area contributed by atoms with E-state index in [2.05, 4.69) is 0 Å². The molecular formula is C28H24O10. The Morgan fingerprint density at radius 1 is 0.763 bits per heavy atom. The van der Waals surface area contributed by atoms with Gasteiger partial charge in [-0.15, -0.1) is 0 Å². The van der Waals surface area contributed by atoms with Gasteiger partial charge in [0.05, 0.1) is 22.8 Å². The zero-order chi connectivity index (χ0) is 28.0. The first kappa shape index (κ1) is 25.1. The van der Waals surface area contributed by atoms with E-state index >= 15 is 0 Å². The van der Waals surface area contributed by atoms with Gasteiger partial charge >= 0.3 is 5.97 Å². The van der Waals surface area contributed by atoms with Gasteiger partial charge in [-0.2, -0.15) is 0 Å². The number of phenolic OH excluding ortho intramolecular Hbond substituents is 3. The molecule has 0 aromatic heterocycles. The first-order valence-corrected chi connectivity index (χ1v) is 11.8. The van der Waals surface area contributed by atoms with E-state index in [0.29, 0.717) is 11.1 Å². The predicted molar refractivity (Wildman–Crippen MR) is 132 cm³/mol. The number of phenols is 5. The van der Waals surface area contributed by atoms with E-state index in [1.807, 2.05) is 0 Å². The van der Waals surface area contributed by atoms with Crippen LogP contribution in [0, 0.1) is 13.8 Å². The van der Waals surface area contributed by atoms with Crippen molar-refractivity contribution in [1.82, 2.24) is 0 Å². The number of carbonyl (C=O) groups excluding carboxylic acids is 2. The van der Waals surface area contributed by atoms with Crippen LogP contribution in [-0.2, 0) is 4.74 Å². The highest BCUT2D eigenvalue weighted by molar-refractivity contribution is 6.30. The molecule has 0 spiro atoms. The molecule has 1 heterocycles. The summed E-state index contributed by atoms with van der Waals surface area (Å²) in [5.74, 6) is -6.97. The first-order chi connectivity index (χ1) is 17.8. The fraction of sp³-hybridized carbons (Fsp3) is 0.250. The molecule has 3 atom stereocenters. The molecule has 3 unspecified atom stereocenters. The summed E-state index contributed by atoms with van der Waals surface area (Å²) in [7, 11) is 0. The minimum absolute atomic E-state index is 0.0805. The molecule has 0 bridgehead atoms. The minimum atomic E-state index is -1.61. The third-order valence-corrected chi connectivity index (χ3v) is 7.55. The van der Waals surface area contributed by atoms with E-state index in [4.69, 9.17) is 4.74 Å². The average Bonchev–Trinajstić information content (AvgIpc) is 2.82. The second-order valence-corrected chi connectivity index (χ2v) is 9.79. The van der Waals surface area contributed by atoms with Gasteiger partial charge in [-0.3, -0.25) is 9.59 Å². The maximum atomic E-state index is 13.5. The van der Waals surface area contributed by atoms with Gasteiger partial charge in [0.2, 0.25) is 5.78 Å². The number of hydrogen-bond donors (Lipinski definition) is 6. The zero-order valence-electron chi connectivity index (χ0n) is 20.8. The van der Waals surface area contributed by atoms with Crippen LogP contribution >= 0.6 is 0 Å².